The molecule has 3 rings (SSSR count). The zero-order valence-electron chi connectivity index (χ0n) is 10.5. The molecule has 17 heavy (non-hydrogen) atoms. The Balaban J connectivity index is 1.74. The minimum absolute atomic E-state index is 0.671. The van der Waals surface area contributed by atoms with E-state index in [1.165, 1.54) is 30.9 Å². The molecule has 2 aliphatic heterocycles. The maximum atomic E-state index is 3.54. The predicted molar refractivity (Wildman–Crippen MR) is 71.7 cm³/mol. The van der Waals surface area contributed by atoms with Crippen LogP contribution in [0.1, 0.15) is 17.0 Å². The molecule has 0 saturated carbocycles. The Kier molecular flexibility index (Phi) is 3.04. The van der Waals surface area contributed by atoms with Gasteiger partial charge in [0, 0.05) is 50.9 Å². The average Bonchev–Trinajstić information content (AvgIpc) is 2.75. The molecule has 2 heterocycles. The lowest BCUT2D eigenvalue weighted by atomic mass is 9.96. The lowest BCUT2D eigenvalue weighted by Crippen LogP contribution is -2.45. The predicted octanol–water partition coefficient (Wildman–Crippen LogP) is 1.41. The van der Waals surface area contributed by atoms with Gasteiger partial charge in [-0.3, -0.25) is 0 Å². The highest BCUT2D eigenvalue weighted by molar-refractivity contribution is 5.60. The summed E-state index contributed by atoms with van der Waals surface area (Å²) in [4.78, 5) is 2.59. The van der Waals surface area contributed by atoms with Crippen LogP contribution in [0.4, 0.5) is 5.69 Å². The van der Waals surface area contributed by atoms with Gasteiger partial charge in [-0.2, -0.15) is 0 Å². The number of aryl methyl sites for hydroxylation is 1. The lowest BCUT2D eigenvalue weighted by molar-refractivity contribution is 0.230. The number of nitrogens with one attached hydrogen (secondary N) is 2. The molecular formula is C14H21N3. The van der Waals surface area contributed by atoms with Crippen molar-refractivity contribution in [3.05, 3.63) is 29.3 Å². The number of nitrogens with zero attached hydrogens (tertiary/aromatic N) is 1. The summed E-state index contributed by atoms with van der Waals surface area (Å²) in [5.74, 6) is 0.671. The molecule has 2 aliphatic rings. The second-order valence-corrected chi connectivity index (χ2v) is 5.16. The molecule has 1 fully saturated rings. The van der Waals surface area contributed by atoms with Crippen molar-refractivity contribution in [2.24, 2.45) is 0 Å². The van der Waals surface area contributed by atoms with Gasteiger partial charge in [0.2, 0.25) is 0 Å². The number of rotatable bonds is 2. The Labute approximate surface area is 103 Å². The first-order valence-corrected chi connectivity index (χ1v) is 6.61. The van der Waals surface area contributed by atoms with Crippen molar-refractivity contribution >= 4 is 5.69 Å². The van der Waals surface area contributed by atoms with Crippen molar-refractivity contribution in [2.75, 3.05) is 44.6 Å². The molecule has 1 aromatic rings. The number of hydrogen-bond acceptors (Lipinski definition) is 3. The fourth-order valence-corrected chi connectivity index (χ4v) is 3.07. The van der Waals surface area contributed by atoms with Gasteiger partial charge in [-0.15, -0.1) is 0 Å². The maximum absolute atomic E-state index is 3.54. The number of benzene rings is 1. The fraction of sp³-hybridized carbons (Fsp3) is 0.571. The van der Waals surface area contributed by atoms with Gasteiger partial charge in [0.05, 0.1) is 0 Å². The summed E-state index contributed by atoms with van der Waals surface area (Å²) in [6.45, 7) is 9.20. The second-order valence-electron chi connectivity index (χ2n) is 5.16. The van der Waals surface area contributed by atoms with E-state index in [4.69, 9.17) is 0 Å². The number of anilines is 1. The van der Waals surface area contributed by atoms with E-state index in [2.05, 4.69) is 40.7 Å². The second kappa shape index (κ2) is 4.67. The lowest BCUT2D eigenvalue weighted by Gasteiger charge is -2.29. The molecule has 3 nitrogen and oxygen atoms in total. The van der Waals surface area contributed by atoms with Gasteiger partial charge < -0.3 is 15.5 Å². The maximum Gasteiger partial charge on any atom is 0.0379 e. The molecule has 1 aromatic carbocycles. The average molecular weight is 231 g/mol. The van der Waals surface area contributed by atoms with Gasteiger partial charge in [-0.25, -0.2) is 0 Å². The highest BCUT2D eigenvalue weighted by Gasteiger charge is 2.25. The van der Waals surface area contributed by atoms with E-state index < -0.39 is 0 Å². The molecule has 1 saturated heterocycles. The Hall–Kier alpha value is -1.06. The third kappa shape index (κ3) is 2.17. The van der Waals surface area contributed by atoms with Crippen molar-refractivity contribution in [2.45, 2.75) is 12.8 Å². The van der Waals surface area contributed by atoms with E-state index in [0.29, 0.717) is 5.92 Å². The van der Waals surface area contributed by atoms with Crippen LogP contribution in [-0.4, -0.2) is 44.2 Å². The molecule has 0 bridgehead atoms. The highest BCUT2D eigenvalue weighted by Crippen LogP contribution is 2.34. The van der Waals surface area contributed by atoms with Crippen molar-refractivity contribution in [3.8, 4) is 0 Å². The van der Waals surface area contributed by atoms with E-state index in [0.717, 1.165) is 19.6 Å². The first kappa shape index (κ1) is 11.1. The van der Waals surface area contributed by atoms with Gasteiger partial charge in [0.15, 0.2) is 0 Å². The molecule has 0 amide bonds. The zero-order chi connectivity index (χ0) is 11.7. The summed E-state index contributed by atoms with van der Waals surface area (Å²) in [7, 11) is 0. The molecule has 92 valence electrons. The summed E-state index contributed by atoms with van der Waals surface area (Å²) in [5.41, 5.74) is 4.34. The molecule has 1 atom stereocenters. The largest absolute Gasteiger partial charge is 0.384 e. The summed E-state index contributed by atoms with van der Waals surface area (Å²) < 4.78 is 0. The van der Waals surface area contributed by atoms with Crippen LogP contribution >= 0.6 is 0 Å². The third-order valence-corrected chi connectivity index (χ3v) is 3.96. The summed E-state index contributed by atoms with van der Waals surface area (Å²) in [5, 5.41) is 6.95. The van der Waals surface area contributed by atoms with Crippen LogP contribution in [0.15, 0.2) is 18.2 Å². The van der Waals surface area contributed by atoms with Crippen LogP contribution in [0.25, 0.3) is 0 Å². The smallest absolute Gasteiger partial charge is 0.0379 e. The van der Waals surface area contributed by atoms with E-state index in [1.807, 2.05) is 0 Å². The third-order valence-electron chi connectivity index (χ3n) is 3.96. The van der Waals surface area contributed by atoms with Crippen LogP contribution < -0.4 is 10.6 Å². The van der Waals surface area contributed by atoms with Gasteiger partial charge in [-0.05, 0) is 24.1 Å². The number of fused-ring (bicyclic) bond motifs is 1. The molecular weight excluding hydrogens is 210 g/mol. The minimum Gasteiger partial charge on any atom is -0.384 e. The Morgan fingerprint density at radius 2 is 2.12 bits per heavy atom. The summed E-state index contributed by atoms with van der Waals surface area (Å²) in [6, 6.07) is 6.59. The van der Waals surface area contributed by atoms with E-state index in [9.17, 15) is 0 Å². The van der Waals surface area contributed by atoms with Crippen LogP contribution in [0.2, 0.25) is 0 Å². The van der Waals surface area contributed by atoms with Crippen LogP contribution in [0, 0.1) is 6.92 Å². The normalized spacial score (nSPS) is 24.4. The zero-order valence-corrected chi connectivity index (χ0v) is 10.5. The molecule has 0 aromatic heterocycles. The Bertz CT molecular complexity index is 396. The fourth-order valence-electron chi connectivity index (χ4n) is 3.07. The van der Waals surface area contributed by atoms with Crippen LogP contribution in [-0.2, 0) is 0 Å². The van der Waals surface area contributed by atoms with Crippen molar-refractivity contribution < 1.29 is 0 Å². The monoisotopic (exact) mass is 231 g/mol. The summed E-state index contributed by atoms with van der Waals surface area (Å²) >= 11 is 0. The first-order chi connectivity index (χ1) is 8.34. The molecule has 3 heteroatoms. The van der Waals surface area contributed by atoms with Gasteiger partial charge >= 0.3 is 0 Å². The number of hydrogen-bond donors (Lipinski definition) is 2. The SMILES string of the molecule is Cc1cccc2c1C(CN1CCNCC1)CN2. The molecule has 0 spiro atoms. The van der Waals surface area contributed by atoms with Crippen molar-refractivity contribution in [1.29, 1.82) is 0 Å². The first-order valence-electron chi connectivity index (χ1n) is 6.61. The molecule has 2 N–H and O–H groups in total. The summed E-state index contributed by atoms with van der Waals surface area (Å²) in [6.07, 6.45) is 0. The minimum atomic E-state index is 0.671. The molecule has 0 radical (unpaired) electrons. The van der Waals surface area contributed by atoms with Crippen LogP contribution in [0.5, 0.6) is 0 Å². The highest BCUT2D eigenvalue weighted by atomic mass is 15.2. The van der Waals surface area contributed by atoms with Crippen LogP contribution in [0.3, 0.4) is 0 Å². The number of piperazine rings is 1. The van der Waals surface area contributed by atoms with E-state index in [-0.39, 0.29) is 0 Å². The van der Waals surface area contributed by atoms with Crippen molar-refractivity contribution in [1.82, 2.24) is 10.2 Å². The molecule has 0 aliphatic carbocycles. The Morgan fingerprint density at radius 3 is 2.94 bits per heavy atom. The topological polar surface area (TPSA) is 27.3 Å². The van der Waals surface area contributed by atoms with Gasteiger partial charge in [0.1, 0.15) is 0 Å². The van der Waals surface area contributed by atoms with Gasteiger partial charge in [-0.1, -0.05) is 12.1 Å². The standard InChI is InChI=1S/C14H21N3/c1-11-3-2-4-13-14(11)12(9-16-13)10-17-7-5-15-6-8-17/h2-4,12,15-16H,5-10H2,1H3. The van der Waals surface area contributed by atoms with Gasteiger partial charge in [0.25, 0.3) is 0 Å². The Morgan fingerprint density at radius 1 is 1.29 bits per heavy atom. The van der Waals surface area contributed by atoms with E-state index in [1.54, 1.807) is 5.56 Å². The quantitative estimate of drug-likeness (QED) is 0.806. The molecule has 1 unspecified atom stereocenters. The van der Waals surface area contributed by atoms with E-state index >= 15 is 0 Å². The van der Waals surface area contributed by atoms with Crippen molar-refractivity contribution in [3.63, 3.8) is 0 Å².